The van der Waals surface area contributed by atoms with Crippen LogP contribution in [0.1, 0.15) is 19.3 Å². The Labute approximate surface area is 135 Å². The number of hydrogen-bond donors (Lipinski definition) is 1. The van der Waals surface area contributed by atoms with Crippen molar-refractivity contribution in [3.05, 3.63) is 30.1 Å². The number of rotatable bonds is 6. The first kappa shape index (κ1) is 17.7. The van der Waals surface area contributed by atoms with Gasteiger partial charge >= 0.3 is 0 Å². The van der Waals surface area contributed by atoms with Crippen LogP contribution in [0.3, 0.4) is 0 Å². The highest BCUT2D eigenvalue weighted by Crippen LogP contribution is 2.19. The van der Waals surface area contributed by atoms with Gasteiger partial charge < -0.3 is 10.1 Å². The SMILES string of the molecule is CS(=O)(=O)N1CCCC[C@@H]1C(=O)NCCOc1ccc(F)cc1. The molecule has 6 nitrogen and oxygen atoms in total. The molecule has 0 radical (unpaired) electrons. The second-order valence-electron chi connectivity index (χ2n) is 5.48. The summed E-state index contributed by atoms with van der Waals surface area (Å²) in [5.74, 6) is -0.141. The fourth-order valence-electron chi connectivity index (χ4n) is 2.56. The van der Waals surface area contributed by atoms with Crippen molar-refractivity contribution in [1.82, 2.24) is 9.62 Å². The number of sulfonamides is 1. The molecule has 0 aliphatic carbocycles. The highest BCUT2D eigenvalue weighted by Gasteiger charge is 2.34. The molecule has 0 aromatic heterocycles. The smallest absolute Gasteiger partial charge is 0.238 e. The summed E-state index contributed by atoms with van der Waals surface area (Å²) in [6.45, 7) is 0.857. The summed E-state index contributed by atoms with van der Waals surface area (Å²) in [6.07, 6.45) is 3.24. The van der Waals surface area contributed by atoms with Crippen molar-refractivity contribution in [1.29, 1.82) is 0 Å². The Balaban J connectivity index is 1.80. The van der Waals surface area contributed by atoms with Crippen LogP contribution < -0.4 is 10.1 Å². The van der Waals surface area contributed by atoms with Crippen molar-refractivity contribution in [2.75, 3.05) is 26.0 Å². The number of nitrogens with zero attached hydrogens (tertiary/aromatic N) is 1. The lowest BCUT2D eigenvalue weighted by atomic mass is 10.0. The van der Waals surface area contributed by atoms with Gasteiger partial charge in [-0.1, -0.05) is 6.42 Å². The summed E-state index contributed by atoms with van der Waals surface area (Å²) in [5, 5.41) is 2.69. The van der Waals surface area contributed by atoms with Crippen molar-refractivity contribution in [2.45, 2.75) is 25.3 Å². The van der Waals surface area contributed by atoms with Crippen molar-refractivity contribution in [3.8, 4) is 5.75 Å². The third-order valence-corrected chi connectivity index (χ3v) is 4.96. The minimum atomic E-state index is -3.39. The highest BCUT2D eigenvalue weighted by molar-refractivity contribution is 7.88. The van der Waals surface area contributed by atoms with Gasteiger partial charge in [-0.25, -0.2) is 12.8 Å². The fourth-order valence-corrected chi connectivity index (χ4v) is 3.68. The molecule has 1 aromatic rings. The monoisotopic (exact) mass is 344 g/mol. The van der Waals surface area contributed by atoms with Gasteiger partial charge in [-0.3, -0.25) is 4.79 Å². The van der Waals surface area contributed by atoms with Crippen LogP contribution in [-0.2, 0) is 14.8 Å². The van der Waals surface area contributed by atoms with Crippen LogP contribution in [0, 0.1) is 5.82 Å². The quantitative estimate of drug-likeness (QED) is 0.785. The molecule has 23 heavy (non-hydrogen) atoms. The lowest BCUT2D eigenvalue weighted by Crippen LogP contribution is -2.52. The predicted octanol–water partition coefficient (Wildman–Crippen LogP) is 1.13. The molecule has 0 saturated carbocycles. The van der Waals surface area contributed by atoms with E-state index in [1.54, 1.807) is 0 Å². The molecule has 1 aliphatic rings. The van der Waals surface area contributed by atoms with E-state index in [9.17, 15) is 17.6 Å². The van der Waals surface area contributed by atoms with Gasteiger partial charge in [0.1, 0.15) is 24.2 Å². The summed E-state index contributed by atoms with van der Waals surface area (Å²) >= 11 is 0. The van der Waals surface area contributed by atoms with E-state index in [1.165, 1.54) is 28.6 Å². The van der Waals surface area contributed by atoms with E-state index in [1.807, 2.05) is 0 Å². The predicted molar refractivity (Wildman–Crippen MR) is 84.1 cm³/mol. The summed E-state index contributed by atoms with van der Waals surface area (Å²) < 4.78 is 42.9. The van der Waals surface area contributed by atoms with Gasteiger partial charge in [0, 0.05) is 6.54 Å². The molecule has 0 unspecified atom stereocenters. The van der Waals surface area contributed by atoms with E-state index in [-0.39, 0.29) is 24.9 Å². The van der Waals surface area contributed by atoms with Crippen LogP contribution in [0.25, 0.3) is 0 Å². The zero-order chi connectivity index (χ0) is 16.9. The number of ether oxygens (including phenoxy) is 1. The molecule has 0 bridgehead atoms. The van der Waals surface area contributed by atoms with Crippen LogP contribution >= 0.6 is 0 Å². The maximum atomic E-state index is 12.8. The molecule has 2 rings (SSSR count). The largest absolute Gasteiger partial charge is 0.492 e. The zero-order valence-electron chi connectivity index (χ0n) is 13.0. The van der Waals surface area contributed by atoms with Crippen molar-refractivity contribution < 1.29 is 22.3 Å². The van der Waals surface area contributed by atoms with Gasteiger partial charge in [0.05, 0.1) is 12.8 Å². The van der Waals surface area contributed by atoms with Crippen molar-refractivity contribution in [3.63, 3.8) is 0 Å². The van der Waals surface area contributed by atoms with Gasteiger partial charge in [0.2, 0.25) is 15.9 Å². The number of carbonyl (C=O) groups excluding carboxylic acids is 1. The second kappa shape index (κ2) is 7.74. The van der Waals surface area contributed by atoms with E-state index in [0.717, 1.165) is 19.1 Å². The third kappa shape index (κ3) is 5.18. The van der Waals surface area contributed by atoms with Crippen LogP contribution in [0.4, 0.5) is 4.39 Å². The number of piperidine rings is 1. The topological polar surface area (TPSA) is 75.7 Å². The Morgan fingerprint density at radius 1 is 1.35 bits per heavy atom. The maximum absolute atomic E-state index is 12.8. The van der Waals surface area contributed by atoms with Gasteiger partial charge in [-0.15, -0.1) is 0 Å². The molecule has 1 atom stereocenters. The van der Waals surface area contributed by atoms with E-state index in [2.05, 4.69) is 5.32 Å². The molecule has 1 N–H and O–H groups in total. The van der Waals surface area contributed by atoms with E-state index >= 15 is 0 Å². The Morgan fingerprint density at radius 3 is 2.70 bits per heavy atom. The molecular weight excluding hydrogens is 323 g/mol. The number of carbonyl (C=O) groups is 1. The highest BCUT2D eigenvalue weighted by atomic mass is 32.2. The van der Waals surface area contributed by atoms with Gasteiger partial charge in [-0.2, -0.15) is 4.31 Å². The van der Waals surface area contributed by atoms with E-state index < -0.39 is 16.1 Å². The Hall–Kier alpha value is -1.67. The number of benzene rings is 1. The molecule has 8 heteroatoms. The minimum absolute atomic E-state index is 0.225. The molecule has 1 aromatic carbocycles. The average Bonchev–Trinajstić information content (AvgIpc) is 2.52. The fraction of sp³-hybridized carbons (Fsp3) is 0.533. The summed E-state index contributed by atoms with van der Waals surface area (Å²) in [7, 11) is -3.39. The molecule has 1 saturated heterocycles. The molecule has 0 spiro atoms. The number of nitrogens with one attached hydrogen (secondary N) is 1. The van der Waals surface area contributed by atoms with Crippen LogP contribution in [-0.4, -0.2) is 50.6 Å². The Morgan fingerprint density at radius 2 is 2.04 bits per heavy atom. The van der Waals surface area contributed by atoms with E-state index in [0.29, 0.717) is 18.7 Å². The molecule has 1 fully saturated rings. The standard InChI is InChI=1S/C15H21FN2O4S/c1-23(20,21)18-10-3-2-4-14(18)15(19)17-9-11-22-13-7-5-12(16)6-8-13/h5-8,14H,2-4,9-11H2,1H3,(H,17,19)/t14-/m1/s1. The lowest BCUT2D eigenvalue weighted by molar-refractivity contribution is -0.125. The Kier molecular flexibility index (Phi) is 5.95. The number of halogens is 1. The van der Waals surface area contributed by atoms with Crippen LogP contribution in [0.2, 0.25) is 0 Å². The van der Waals surface area contributed by atoms with Crippen LogP contribution in [0.5, 0.6) is 5.75 Å². The first-order chi connectivity index (χ1) is 10.9. The number of hydrogen-bond acceptors (Lipinski definition) is 4. The van der Waals surface area contributed by atoms with Gasteiger partial charge in [0.25, 0.3) is 0 Å². The van der Waals surface area contributed by atoms with Gasteiger partial charge in [0.15, 0.2) is 0 Å². The zero-order valence-corrected chi connectivity index (χ0v) is 13.8. The summed E-state index contributed by atoms with van der Waals surface area (Å²) in [4.78, 5) is 12.2. The minimum Gasteiger partial charge on any atom is -0.492 e. The van der Waals surface area contributed by atoms with Crippen molar-refractivity contribution >= 4 is 15.9 Å². The molecule has 128 valence electrons. The average molecular weight is 344 g/mol. The Bertz CT molecular complexity index is 633. The maximum Gasteiger partial charge on any atom is 0.238 e. The lowest BCUT2D eigenvalue weighted by Gasteiger charge is -2.32. The summed E-state index contributed by atoms with van der Waals surface area (Å²) in [6, 6.07) is 4.94. The molecule has 1 heterocycles. The molecular formula is C15H21FN2O4S. The molecule has 1 amide bonds. The second-order valence-corrected chi connectivity index (χ2v) is 7.41. The van der Waals surface area contributed by atoms with Crippen LogP contribution in [0.15, 0.2) is 24.3 Å². The normalized spacial score (nSPS) is 19.3. The number of amides is 1. The van der Waals surface area contributed by atoms with Crippen molar-refractivity contribution in [2.24, 2.45) is 0 Å². The first-order valence-corrected chi connectivity index (χ1v) is 9.35. The first-order valence-electron chi connectivity index (χ1n) is 7.51. The van der Waals surface area contributed by atoms with Gasteiger partial charge in [-0.05, 0) is 37.1 Å². The van der Waals surface area contributed by atoms with E-state index in [4.69, 9.17) is 4.74 Å². The molecule has 1 aliphatic heterocycles. The summed E-state index contributed by atoms with van der Waals surface area (Å²) in [5.41, 5.74) is 0. The third-order valence-electron chi connectivity index (χ3n) is 3.67.